The average Bonchev–Trinajstić information content (AvgIpc) is 2.38. The highest BCUT2D eigenvalue weighted by molar-refractivity contribution is 5.64. The minimum Gasteiger partial charge on any atom is -0.264 e. The molecule has 2 rings (SSSR count). The van der Waals surface area contributed by atoms with Gasteiger partial charge in [-0.3, -0.25) is 15.0 Å². The van der Waals surface area contributed by atoms with Gasteiger partial charge in [-0.1, -0.05) is 13.8 Å². The molecule has 2 aromatic rings. The van der Waals surface area contributed by atoms with E-state index in [1.54, 1.807) is 12.4 Å². The fraction of sp³-hybridized carbons (Fsp3) is 0.308. The maximum Gasteiger partial charge on any atom is 0.0921 e. The predicted molar refractivity (Wildman–Crippen MR) is 64.0 cm³/mol. The number of pyridine rings is 1. The van der Waals surface area contributed by atoms with Gasteiger partial charge in [0, 0.05) is 30.4 Å². The maximum atomic E-state index is 4.44. The second kappa shape index (κ2) is 4.84. The summed E-state index contributed by atoms with van der Waals surface area (Å²) in [6.45, 7) is 4.23. The van der Waals surface area contributed by atoms with Gasteiger partial charge in [-0.15, -0.1) is 0 Å². The van der Waals surface area contributed by atoms with E-state index >= 15 is 0 Å². The van der Waals surface area contributed by atoms with Crippen LogP contribution in [0, 0.1) is 0 Å². The van der Waals surface area contributed by atoms with E-state index in [0.717, 1.165) is 29.8 Å². The molecule has 0 saturated heterocycles. The van der Waals surface area contributed by atoms with E-state index < -0.39 is 0 Å². The first kappa shape index (κ1) is 10.7. The van der Waals surface area contributed by atoms with Gasteiger partial charge in [0.15, 0.2) is 0 Å². The van der Waals surface area contributed by atoms with Crippen LogP contribution in [0.2, 0.25) is 0 Å². The lowest BCUT2D eigenvalue weighted by Crippen LogP contribution is -1.98. The first-order chi connectivity index (χ1) is 7.86. The standard InChI is InChI=1S/C13H15N3/c1-3-10-9-14-6-5-11(10)13-12(4-2)15-7-8-16-13/h5-9H,3-4H2,1-2H3. The number of rotatable bonds is 3. The van der Waals surface area contributed by atoms with Crippen molar-refractivity contribution in [3.63, 3.8) is 0 Å². The van der Waals surface area contributed by atoms with Gasteiger partial charge in [0.05, 0.1) is 11.4 Å². The number of hydrogen-bond donors (Lipinski definition) is 0. The van der Waals surface area contributed by atoms with E-state index in [-0.39, 0.29) is 0 Å². The van der Waals surface area contributed by atoms with Crippen LogP contribution >= 0.6 is 0 Å². The highest BCUT2D eigenvalue weighted by Gasteiger charge is 2.09. The molecule has 82 valence electrons. The third-order valence-corrected chi connectivity index (χ3v) is 2.65. The van der Waals surface area contributed by atoms with E-state index in [4.69, 9.17) is 0 Å². The monoisotopic (exact) mass is 213 g/mol. The van der Waals surface area contributed by atoms with Gasteiger partial charge in [-0.25, -0.2) is 0 Å². The van der Waals surface area contributed by atoms with Gasteiger partial charge in [0.2, 0.25) is 0 Å². The molecule has 0 aromatic carbocycles. The summed E-state index contributed by atoms with van der Waals surface area (Å²) in [6.07, 6.45) is 9.06. The van der Waals surface area contributed by atoms with Crippen LogP contribution in [0.15, 0.2) is 30.9 Å². The Hall–Kier alpha value is -1.77. The molecular formula is C13H15N3. The molecule has 3 nitrogen and oxygen atoms in total. The van der Waals surface area contributed by atoms with Crippen molar-refractivity contribution in [3.05, 3.63) is 42.1 Å². The Bertz CT molecular complexity index is 435. The molecule has 0 saturated carbocycles. The van der Waals surface area contributed by atoms with Gasteiger partial charge >= 0.3 is 0 Å². The highest BCUT2D eigenvalue weighted by atomic mass is 14.8. The molecule has 0 amide bonds. The number of nitrogens with zero attached hydrogens (tertiary/aromatic N) is 3. The molecular weight excluding hydrogens is 198 g/mol. The van der Waals surface area contributed by atoms with E-state index in [0.29, 0.717) is 0 Å². The van der Waals surface area contributed by atoms with E-state index in [2.05, 4.69) is 28.8 Å². The molecule has 0 fully saturated rings. The lowest BCUT2D eigenvalue weighted by atomic mass is 10.0. The molecule has 0 aliphatic rings. The first-order valence-corrected chi connectivity index (χ1v) is 5.60. The van der Waals surface area contributed by atoms with E-state index in [9.17, 15) is 0 Å². The van der Waals surface area contributed by atoms with Crippen LogP contribution in [0.25, 0.3) is 11.3 Å². The molecule has 3 heteroatoms. The fourth-order valence-electron chi connectivity index (χ4n) is 1.79. The fourth-order valence-corrected chi connectivity index (χ4v) is 1.79. The Balaban J connectivity index is 2.58. The quantitative estimate of drug-likeness (QED) is 0.786. The zero-order valence-electron chi connectivity index (χ0n) is 9.64. The van der Waals surface area contributed by atoms with Gasteiger partial charge < -0.3 is 0 Å². The summed E-state index contributed by atoms with van der Waals surface area (Å²) < 4.78 is 0. The van der Waals surface area contributed by atoms with Crippen LogP contribution < -0.4 is 0 Å². The summed E-state index contributed by atoms with van der Waals surface area (Å²) in [7, 11) is 0. The molecule has 0 spiro atoms. The van der Waals surface area contributed by atoms with Crippen LogP contribution in [0.5, 0.6) is 0 Å². The van der Waals surface area contributed by atoms with Gasteiger partial charge in [-0.05, 0) is 24.5 Å². The van der Waals surface area contributed by atoms with Crippen LogP contribution in [0.1, 0.15) is 25.1 Å². The maximum absolute atomic E-state index is 4.44. The average molecular weight is 213 g/mol. The summed E-state index contributed by atoms with van der Waals surface area (Å²) in [5.74, 6) is 0. The van der Waals surface area contributed by atoms with Crippen molar-refractivity contribution in [3.8, 4) is 11.3 Å². The Kier molecular flexibility index (Phi) is 3.25. The van der Waals surface area contributed by atoms with Gasteiger partial charge in [0.1, 0.15) is 0 Å². The summed E-state index contributed by atoms with van der Waals surface area (Å²) in [6, 6.07) is 2.02. The summed E-state index contributed by atoms with van der Waals surface area (Å²) in [5, 5.41) is 0. The van der Waals surface area contributed by atoms with Gasteiger partial charge in [0.25, 0.3) is 0 Å². The van der Waals surface area contributed by atoms with Crippen molar-refractivity contribution in [1.82, 2.24) is 15.0 Å². The van der Waals surface area contributed by atoms with Crippen molar-refractivity contribution < 1.29 is 0 Å². The topological polar surface area (TPSA) is 38.7 Å². The van der Waals surface area contributed by atoms with Crippen molar-refractivity contribution in [2.24, 2.45) is 0 Å². The lowest BCUT2D eigenvalue weighted by molar-refractivity contribution is 0.998. The second-order valence-electron chi connectivity index (χ2n) is 3.59. The summed E-state index contributed by atoms with van der Waals surface area (Å²) >= 11 is 0. The highest BCUT2D eigenvalue weighted by Crippen LogP contribution is 2.23. The third-order valence-electron chi connectivity index (χ3n) is 2.65. The molecule has 0 atom stereocenters. The Morgan fingerprint density at radius 2 is 1.81 bits per heavy atom. The van der Waals surface area contributed by atoms with E-state index in [1.807, 2.05) is 18.5 Å². The molecule has 2 aromatic heterocycles. The zero-order chi connectivity index (χ0) is 11.4. The summed E-state index contributed by atoms with van der Waals surface area (Å²) in [4.78, 5) is 13.0. The van der Waals surface area contributed by atoms with Crippen molar-refractivity contribution in [2.75, 3.05) is 0 Å². The molecule has 0 radical (unpaired) electrons. The minimum absolute atomic E-state index is 0.897. The summed E-state index contributed by atoms with van der Waals surface area (Å²) in [5.41, 5.74) is 4.41. The number of aryl methyl sites for hydroxylation is 2. The molecule has 0 aliphatic carbocycles. The van der Waals surface area contributed by atoms with Crippen LogP contribution in [0.4, 0.5) is 0 Å². The van der Waals surface area contributed by atoms with E-state index in [1.165, 1.54) is 5.56 Å². The van der Waals surface area contributed by atoms with Crippen molar-refractivity contribution in [1.29, 1.82) is 0 Å². The first-order valence-electron chi connectivity index (χ1n) is 5.60. The largest absolute Gasteiger partial charge is 0.264 e. The molecule has 2 heterocycles. The molecule has 0 bridgehead atoms. The van der Waals surface area contributed by atoms with Crippen LogP contribution in [0.3, 0.4) is 0 Å². The van der Waals surface area contributed by atoms with Crippen molar-refractivity contribution >= 4 is 0 Å². The zero-order valence-corrected chi connectivity index (χ0v) is 9.64. The molecule has 16 heavy (non-hydrogen) atoms. The third kappa shape index (κ3) is 1.94. The van der Waals surface area contributed by atoms with Crippen LogP contribution in [-0.4, -0.2) is 15.0 Å². The normalized spacial score (nSPS) is 10.4. The molecule has 0 N–H and O–H groups in total. The number of hydrogen-bond acceptors (Lipinski definition) is 3. The Morgan fingerprint density at radius 3 is 2.56 bits per heavy atom. The smallest absolute Gasteiger partial charge is 0.0921 e. The Labute approximate surface area is 95.6 Å². The SMILES string of the molecule is CCc1cnccc1-c1nccnc1CC. The Morgan fingerprint density at radius 1 is 1.00 bits per heavy atom. The molecule has 0 aliphatic heterocycles. The number of aromatic nitrogens is 3. The molecule has 0 unspecified atom stereocenters. The lowest BCUT2D eigenvalue weighted by Gasteiger charge is -2.09. The predicted octanol–water partition coefficient (Wildman–Crippen LogP) is 2.66. The van der Waals surface area contributed by atoms with Gasteiger partial charge in [-0.2, -0.15) is 0 Å². The van der Waals surface area contributed by atoms with Crippen molar-refractivity contribution in [2.45, 2.75) is 26.7 Å². The van der Waals surface area contributed by atoms with Crippen LogP contribution in [-0.2, 0) is 12.8 Å². The minimum atomic E-state index is 0.897. The second-order valence-corrected chi connectivity index (χ2v) is 3.59.